The van der Waals surface area contributed by atoms with Crippen molar-refractivity contribution >= 4 is 33.1 Å². The van der Waals surface area contributed by atoms with Gasteiger partial charge in [0.05, 0.1) is 6.54 Å². The fourth-order valence-electron chi connectivity index (χ4n) is 3.13. The second-order valence-corrected chi connectivity index (χ2v) is 9.52. The summed E-state index contributed by atoms with van der Waals surface area (Å²) in [6.45, 7) is 5.39. The van der Waals surface area contributed by atoms with Gasteiger partial charge in [0, 0.05) is 30.2 Å². The topological polar surface area (TPSA) is 91.4 Å². The van der Waals surface area contributed by atoms with Crippen LogP contribution >= 0.6 is 11.3 Å². The summed E-state index contributed by atoms with van der Waals surface area (Å²) in [6, 6.07) is 5.07. The minimum absolute atomic E-state index is 0.00532. The van der Waals surface area contributed by atoms with Crippen molar-refractivity contribution in [2.45, 2.75) is 50.6 Å². The smallest absolute Gasteiger partial charge is 0.242 e. The number of nitrogens with one attached hydrogen (secondary N) is 2. The third-order valence-electron chi connectivity index (χ3n) is 4.94. The highest BCUT2D eigenvalue weighted by molar-refractivity contribution is 7.89. The van der Waals surface area contributed by atoms with E-state index in [0.29, 0.717) is 12.4 Å². The third-order valence-corrected chi connectivity index (χ3v) is 7.46. The Morgan fingerprint density at radius 3 is 2.75 bits per heavy atom. The minimum atomic E-state index is -3.59. The van der Waals surface area contributed by atoms with Crippen LogP contribution in [0.2, 0.25) is 0 Å². The Hall–Kier alpha value is -1.97. The van der Waals surface area contributed by atoms with Crippen LogP contribution in [0.15, 0.2) is 34.7 Å². The van der Waals surface area contributed by atoms with Gasteiger partial charge in [-0.2, -0.15) is 0 Å². The number of carbonyl (C=O) groups is 1. The first kappa shape index (κ1) is 20.8. The number of carbonyl (C=O) groups excluding carboxylic acids is 1. The summed E-state index contributed by atoms with van der Waals surface area (Å²) in [5, 5.41) is 5.05. The number of fused-ring (bicyclic) bond motifs is 1. The predicted molar refractivity (Wildman–Crippen MR) is 111 cm³/mol. The minimum Gasteiger partial charge on any atom is -0.361 e. The van der Waals surface area contributed by atoms with Crippen LogP contribution in [0.1, 0.15) is 37.1 Å². The van der Waals surface area contributed by atoms with Crippen molar-refractivity contribution in [1.29, 1.82) is 0 Å². The van der Waals surface area contributed by atoms with Gasteiger partial charge in [0.25, 0.3) is 0 Å². The van der Waals surface area contributed by atoms with Gasteiger partial charge < -0.3 is 10.2 Å². The average Bonchev–Trinajstić information content (AvgIpc) is 3.18. The van der Waals surface area contributed by atoms with Crippen LogP contribution in [0.3, 0.4) is 0 Å². The molecule has 0 aromatic carbocycles. The standard InChI is InChI=1S/C19H26N4O3S2/c1-3-15(4-2)22-28(25,26)16-5-6-18(20-11-16)21-12-19(24)23-9-7-17-14(13-23)8-10-27-17/h5-6,8,10-11,15,22H,3-4,7,9,12-13H2,1-2H3,(H,20,21). The van der Waals surface area contributed by atoms with Gasteiger partial charge in [0.1, 0.15) is 10.7 Å². The molecule has 1 amide bonds. The highest BCUT2D eigenvalue weighted by Crippen LogP contribution is 2.24. The van der Waals surface area contributed by atoms with Gasteiger partial charge in [-0.25, -0.2) is 18.1 Å². The molecule has 0 spiro atoms. The molecule has 28 heavy (non-hydrogen) atoms. The normalized spacial score (nSPS) is 14.2. The number of amides is 1. The Balaban J connectivity index is 1.55. The molecule has 1 aliphatic rings. The Labute approximate surface area is 170 Å². The van der Waals surface area contributed by atoms with E-state index in [9.17, 15) is 13.2 Å². The Morgan fingerprint density at radius 1 is 1.29 bits per heavy atom. The zero-order valence-corrected chi connectivity index (χ0v) is 17.8. The van der Waals surface area contributed by atoms with Crippen LogP contribution in [-0.2, 0) is 27.8 Å². The predicted octanol–water partition coefficient (Wildman–Crippen LogP) is 2.61. The first-order chi connectivity index (χ1) is 13.4. The molecule has 0 fully saturated rings. The fourth-order valence-corrected chi connectivity index (χ4v) is 5.36. The number of thiophene rings is 1. The molecule has 1 aliphatic heterocycles. The molecule has 3 heterocycles. The molecule has 0 unspecified atom stereocenters. The summed E-state index contributed by atoms with van der Waals surface area (Å²) in [5.74, 6) is 0.480. The molecule has 152 valence electrons. The van der Waals surface area contributed by atoms with Crippen molar-refractivity contribution in [3.05, 3.63) is 40.2 Å². The summed E-state index contributed by atoms with van der Waals surface area (Å²) in [5.41, 5.74) is 1.22. The first-order valence-electron chi connectivity index (χ1n) is 9.48. The van der Waals surface area contributed by atoms with Crippen molar-refractivity contribution in [1.82, 2.24) is 14.6 Å². The lowest BCUT2D eigenvalue weighted by molar-refractivity contribution is -0.130. The maximum atomic E-state index is 12.4. The highest BCUT2D eigenvalue weighted by atomic mass is 32.2. The van der Waals surface area contributed by atoms with Gasteiger partial charge in [0.15, 0.2) is 0 Å². The summed E-state index contributed by atoms with van der Waals surface area (Å²) in [7, 11) is -3.59. The fraction of sp³-hybridized carbons (Fsp3) is 0.474. The lowest BCUT2D eigenvalue weighted by Gasteiger charge is -2.27. The van der Waals surface area contributed by atoms with E-state index < -0.39 is 10.0 Å². The van der Waals surface area contributed by atoms with Gasteiger partial charge in [0.2, 0.25) is 15.9 Å². The highest BCUT2D eigenvalue weighted by Gasteiger charge is 2.21. The van der Waals surface area contributed by atoms with E-state index in [1.165, 1.54) is 22.7 Å². The van der Waals surface area contributed by atoms with Gasteiger partial charge in [-0.05, 0) is 48.4 Å². The number of pyridine rings is 1. The Bertz CT molecular complexity index is 906. The zero-order chi connectivity index (χ0) is 20.1. The monoisotopic (exact) mass is 422 g/mol. The number of sulfonamides is 1. The molecule has 0 aliphatic carbocycles. The Morgan fingerprint density at radius 2 is 2.07 bits per heavy atom. The van der Waals surface area contributed by atoms with Crippen LogP contribution in [0.5, 0.6) is 0 Å². The summed E-state index contributed by atoms with van der Waals surface area (Å²) >= 11 is 1.74. The number of nitrogens with zero attached hydrogens (tertiary/aromatic N) is 2. The first-order valence-corrected chi connectivity index (χ1v) is 11.8. The van der Waals surface area contributed by atoms with Gasteiger partial charge in [-0.1, -0.05) is 13.8 Å². The summed E-state index contributed by atoms with van der Waals surface area (Å²) < 4.78 is 27.5. The second-order valence-electron chi connectivity index (χ2n) is 6.80. The van der Waals surface area contributed by atoms with Gasteiger partial charge >= 0.3 is 0 Å². The maximum Gasteiger partial charge on any atom is 0.242 e. The molecule has 0 saturated carbocycles. The lowest BCUT2D eigenvalue weighted by Crippen LogP contribution is -2.38. The van der Waals surface area contributed by atoms with Gasteiger partial charge in [-0.3, -0.25) is 4.79 Å². The molecular formula is C19H26N4O3S2. The summed E-state index contributed by atoms with van der Waals surface area (Å²) in [6.07, 6.45) is 3.67. The SMILES string of the molecule is CCC(CC)NS(=O)(=O)c1ccc(NCC(=O)N2CCc3sccc3C2)nc1. The second kappa shape index (κ2) is 9.02. The Kier molecular flexibility index (Phi) is 6.69. The summed E-state index contributed by atoms with van der Waals surface area (Å²) in [4.78, 5) is 19.9. The van der Waals surface area contributed by atoms with Crippen molar-refractivity contribution in [2.75, 3.05) is 18.4 Å². The lowest BCUT2D eigenvalue weighted by atomic mass is 10.1. The van der Waals surface area contributed by atoms with E-state index in [1.807, 2.05) is 18.7 Å². The average molecular weight is 423 g/mol. The van der Waals surface area contributed by atoms with Crippen molar-refractivity contribution in [3.63, 3.8) is 0 Å². The molecule has 0 saturated heterocycles. The third kappa shape index (κ3) is 4.89. The van der Waals surface area contributed by atoms with Crippen LogP contribution < -0.4 is 10.0 Å². The molecule has 3 rings (SSSR count). The molecule has 0 radical (unpaired) electrons. The molecule has 0 bridgehead atoms. The van der Waals surface area contributed by atoms with Gasteiger partial charge in [-0.15, -0.1) is 11.3 Å². The van der Waals surface area contributed by atoms with E-state index in [4.69, 9.17) is 0 Å². The van der Waals surface area contributed by atoms with Crippen molar-refractivity contribution in [2.24, 2.45) is 0 Å². The molecule has 2 aromatic heterocycles. The number of hydrogen-bond acceptors (Lipinski definition) is 6. The molecule has 2 aromatic rings. The van der Waals surface area contributed by atoms with E-state index in [0.717, 1.165) is 25.8 Å². The van der Waals surface area contributed by atoms with E-state index in [2.05, 4.69) is 26.5 Å². The number of anilines is 1. The van der Waals surface area contributed by atoms with Crippen LogP contribution in [0.25, 0.3) is 0 Å². The quantitative estimate of drug-likeness (QED) is 0.682. The molecule has 0 atom stereocenters. The number of hydrogen-bond donors (Lipinski definition) is 2. The van der Waals surface area contributed by atoms with E-state index >= 15 is 0 Å². The zero-order valence-electron chi connectivity index (χ0n) is 16.1. The van der Waals surface area contributed by atoms with Crippen molar-refractivity contribution < 1.29 is 13.2 Å². The molecular weight excluding hydrogens is 396 g/mol. The largest absolute Gasteiger partial charge is 0.361 e. The van der Waals surface area contributed by atoms with Crippen LogP contribution in [-0.4, -0.2) is 43.3 Å². The molecule has 9 heteroatoms. The van der Waals surface area contributed by atoms with E-state index in [-0.39, 0.29) is 23.4 Å². The maximum absolute atomic E-state index is 12.4. The number of rotatable bonds is 8. The van der Waals surface area contributed by atoms with E-state index in [1.54, 1.807) is 17.4 Å². The molecule has 2 N–H and O–H groups in total. The number of aromatic nitrogens is 1. The van der Waals surface area contributed by atoms with Crippen LogP contribution in [0, 0.1) is 0 Å². The van der Waals surface area contributed by atoms with Crippen LogP contribution in [0.4, 0.5) is 5.82 Å². The molecule has 7 nitrogen and oxygen atoms in total. The van der Waals surface area contributed by atoms with Crippen molar-refractivity contribution in [3.8, 4) is 0 Å².